The largest absolute Gasteiger partial charge is 0.484 e. The minimum Gasteiger partial charge on any atom is -0.484 e. The number of benzene rings is 3. The van der Waals surface area contributed by atoms with Crippen LogP contribution in [0.15, 0.2) is 88.3 Å². The molecule has 0 radical (unpaired) electrons. The number of amides is 2. The first-order valence-electron chi connectivity index (χ1n) is 10.5. The Morgan fingerprint density at radius 1 is 0.857 bits per heavy atom. The highest BCUT2D eigenvalue weighted by Crippen LogP contribution is 2.19. The molecule has 0 spiro atoms. The van der Waals surface area contributed by atoms with Gasteiger partial charge >= 0.3 is 5.97 Å². The molecule has 35 heavy (non-hydrogen) atoms. The van der Waals surface area contributed by atoms with Gasteiger partial charge in [0.15, 0.2) is 12.0 Å². The fraction of sp³-hybridized carbons (Fsp3) is 0.0769. The monoisotopic (exact) mass is 472 g/mol. The lowest BCUT2D eigenvalue weighted by Gasteiger charge is -2.10. The van der Waals surface area contributed by atoms with Crippen molar-refractivity contribution in [3.05, 3.63) is 100 Å². The first-order chi connectivity index (χ1) is 16.9. The fourth-order valence-corrected chi connectivity index (χ4v) is 3.25. The molecular formula is C26H20N2O7. The Hall–Kier alpha value is -4.92. The highest BCUT2D eigenvalue weighted by Gasteiger charge is 2.11. The molecule has 176 valence electrons. The van der Waals surface area contributed by atoms with E-state index < -0.39 is 11.9 Å². The predicted octanol–water partition coefficient (Wildman–Crippen LogP) is 3.85. The molecule has 0 aliphatic rings. The molecule has 2 amide bonds. The van der Waals surface area contributed by atoms with E-state index in [0.717, 1.165) is 0 Å². The van der Waals surface area contributed by atoms with Crippen molar-refractivity contribution in [1.29, 1.82) is 0 Å². The first kappa shape index (κ1) is 23.2. The highest BCUT2D eigenvalue weighted by atomic mass is 16.5. The van der Waals surface area contributed by atoms with Crippen molar-refractivity contribution in [3.8, 4) is 5.75 Å². The van der Waals surface area contributed by atoms with Crippen LogP contribution in [0.3, 0.4) is 0 Å². The summed E-state index contributed by atoms with van der Waals surface area (Å²) in [4.78, 5) is 48.1. The number of methoxy groups -OCH3 is 1. The molecule has 1 heterocycles. The summed E-state index contributed by atoms with van der Waals surface area (Å²) in [6.07, 6.45) is 1.30. The third-order valence-electron chi connectivity index (χ3n) is 4.98. The van der Waals surface area contributed by atoms with Crippen LogP contribution in [-0.2, 0) is 9.53 Å². The Morgan fingerprint density at radius 2 is 1.57 bits per heavy atom. The molecule has 0 fully saturated rings. The van der Waals surface area contributed by atoms with Crippen LogP contribution in [0, 0.1) is 0 Å². The number of nitrogens with one attached hydrogen (secondary N) is 2. The smallest absolute Gasteiger partial charge is 0.337 e. The van der Waals surface area contributed by atoms with Gasteiger partial charge in [0, 0.05) is 29.1 Å². The minimum absolute atomic E-state index is 0.166. The van der Waals surface area contributed by atoms with Gasteiger partial charge in [0.05, 0.1) is 24.3 Å². The van der Waals surface area contributed by atoms with E-state index in [1.165, 1.54) is 49.8 Å². The van der Waals surface area contributed by atoms with E-state index in [9.17, 15) is 19.2 Å². The summed E-state index contributed by atoms with van der Waals surface area (Å²) in [5, 5.41) is 5.86. The number of fused-ring (bicyclic) bond motifs is 1. The Morgan fingerprint density at radius 3 is 2.31 bits per heavy atom. The third-order valence-corrected chi connectivity index (χ3v) is 4.98. The molecule has 4 rings (SSSR count). The van der Waals surface area contributed by atoms with Crippen LogP contribution in [0.25, 0.3) is 11.0 Å². The van der Waals surface area contributed by atoms with E-state index in [1.807, 2.05) is 0 Å². The quantitative estimate of drug-likeness (QED) is 0.392. The molecule has 3 aromatic carbocycles. The van der Waals surface area contributed by atoms with Crippen molar-refractivity contribution in [3.63, 3.8) is 0 Å². The average molecular weight is 472 g/mol. The number of carbonyl (C=O) groups excluding carboxylic acids is 3. The summed E-state index contributed by atoms with van der Waals surface area (Å²) in [6.45, 7) is -0.272. The predicted molar refractivity (Wildman–Crippen MR) is 129 cm³/mol. The summed E-state index contributed by atoms with van der Waals surface area (Å²) in [6, 6.07) is 18.7. The van der Waals surface area contributed by atoms with Crippen LogP contribution in [0.5, 0.6) is 5.75 Å². The van der Waals surface area contributed by atoms with E-state index in [0.29, 0.717) is 39.2 Å². The van der Waals surface area contributed by atoms with Gasteiger partial charge in [-0.3, -0.25) is 14.4 Å². The number of hydrogen-bond donors (Lipinski definition) is 2. The van der Waals surface area contributed by atoms with Gasteiger partial charge in [-0.15, -0.1) is 0 Å². The lowest BCUT2D eigenvalue weighted by molar-refractivity contribution is -0.118. The molecule has 9 heteroatoms. The Labute approximate surface area is 199 Å². The van der Waals surface area contributed by atoms with Crippen molar-refractivity contribution in [2.75, 3.05) is 24.4 Å². The second-order valence-corrected chi connectivity index (χ2v) is 7.38. The Kier molecular flexibility index (Phi) is 6.87. The van der Waals surface area contributed by atoms with Crippen LogP contribution in [0.4, 0.5) is 11.4 Å². The van der Waals surface area contributed by atoms with Crippen LogP contribution in [0.2, 0.25) is 0 Å². The highest BCUT2D eigenvalue weighted by molar-refractivity contribution is 6.05. The summed E-state index contributed by atoms with van der Waals surface area (Å²) >= 11 is 0. The zero-order valence-electron chi connectivity index (χ0n) is 18.6. The maximum Gasteiger partial charge on any atom is 0.337 e. The lowest BCUT2D eigenvalue weighted by atomic mass is 10.1. The average Bonchev–Trinajstić information content (AvgIpc) is 2.87. The van der Waals surface area contributed by atoms with Crippen molar-refractivity contribution >= 4 is 40.1 Å². The number of anilines is 2. The van der Waals surface area contributed by atoms with Gasteiger partial charge in [-0.2, -0.15) is 0 Å². The number of esters is 1. The van der Waals surface area contributed by atoms with Crippen LogP contribution in [-0.4, -0.2) is 31.5 Å². The Bertz CT molecular complexity index is 1460. The van der Waals surface area contributed by atoms with Crippen LogP contribution >= 0.6 is 0 Å². The second-order valence-electron chi connectivity index (χ2n) is 7.38. The number of carbonyl (C=O) groups is 3. The first-order valence-corrected chi connectivity index (χ1v) is 10.5. The summed E-state index contributed by atoms with van der Waals surface area (Å²) in [7, 11) is 1.28. The molecule has 0 bridgehead atoms. The van der Waals surface area contributed by atoms with Gasteiger partial charge in [-0.05, 0) is 54.6 Å². The van der Waals surface area contributed by atoms with Gasteiger partial charge in [-0.1, -0.05) is 6.07 Å². The molecular weight excluding hydrogens is 452 g/mol. The van der Waals surface area contributed by atoms with E-state index in [2.05, 4.69) is 15.4 Å². The molecule has 0 atom stereocenters. The second kappa shape index (κ2) is 10.3. The van der Waals surface area contributed by atoms with Gasteiger partial charge in [-0.25, -0.2) is 4.79 Å². The Balaban J connectivity index is 1.34. The van der Waals surface area contributed by atoms with E-state index in [1.54, 1.807) is 36.4 Å². The molecule has 1 aromatic heterocycles. The molecule has 0 aliphatic carbocycles. The molecule has 9 nitrogen and oxygen atoms in total. The molecule has 4 aromatic rings. The van der Waals surface area contributed by atoms with Crippen molar-refractivity contribution in [1.82, 2.24) is 0 Å². The third kappa shape index (κ3) is 5.72. The van der Waals surface area contributed by atoms with E-state index >= 15 is 0 Å². The van der Waals surface area contributed by atoms with E-state index in [-0.39, 0.29) is 17.9 Å². The number of rotatable bonds is 7. The molecule has 0 aliphatic heterocycles. The van der Waals surface area contributed by atoms with Gasteiger partial charge in [0.1, 0.15) is 11.3 Å². The van der Waals surface area contributed by atoms with Crippen LogP contribution < -0.4 is 20.8 Å². The standard InChI is InChI=1S/C26H20N2O7/c1-33-26(32)17-7-5-16(6-8-17)25(31)28-19-4-2-3-18(13-19)27-24(30)15-35-20-9-10-21-22(29)11-12-34-23(21)14-20/h2-14H,15H2,1H3,(H,27,30)(H,28,31). The topological polar surface area (TPSA) is 124 Å². The van der Waals surface area contributed by atoms with Gasteiger partial charge in [0.25, 0.3) is 11.8 Å². The van der Waals surface area contributed by atoms with Gasteiger partial charge in [0.2, 0.25) is 0 Å². The van der Waals surface area contributed by atoms with Gasteiger partial charge < -0.3 is 24.5 Å². The summed E-state index contributed by atoms with van der Waals surface area (Å²) in [5.41, 5.74) is 1.81. The lowest BCUT2D eigenvalue weighted by Crippen LogP contribution is -2.20. The normalized spacial score (nSPS) is 10.4. The SMILES string of the molecule is COC(=O)c1ccc(C(=O)Nc2cccc(NC(=O)COc3ccc4c(=O)ccoc4c3)c2)cc1. The summed E-state index contributed by atoms with van der Waals surface area (Å²) < 4.78 is 15.4. The zero-order valence-corrected chi connectivity index (χ0v) is 18.6. The molecule has 2 N–H and O–H groups in total. The summed E-state index contributed by atoms with van der Waals surface area (Å²) in [5.74, 6) is -0.907. The molecule has 0 saturated heterocycles. The maximum absolute atomic E-state index is 12.5. The number of hydrogen-bond acceptors (Lipinski definition) is 7. The fourth-order valence-electron chi connectivity index (χ4n) is 3.25. The zero-order chi connectivity index (χ0) is 24.8. The molecule has 0 saturated carbocycles. The van der Waals surface area contributed by atoms with E-state index in [4.69, 9.17) is 9.15 Å². The van der Waals surface area contributed by atoms with Crippen molar-refractivity contribution in [2.45, 2.75) is 0 Å². The molecule has 0 unspecified atom stereocenters. The number of ether oxygens (including phenoxy) is 2. The van der Waals surface area contributed by atoms with Crippen molar-refractivity contribution in [2.24, 2.45) is 0 Å². The minimum atomic E-state index is -0.489. The van der Waals surface area contributed by atoms with Crippen LogP contribution in [0.1, 0.15) is 20.7 Å². The maximum atomic E-state index is 12.5. The van der Waals surface area contributed by atoms with Crippen molar-refractivity contribution < 1.29 is 28.3 Å².